The zero-order valence-corrected chi connectivity index (χ0v) is 12.6. The van der Waals surface area contributed by atoms with Crippen LogP contribution in [0.2, 0.25) is 0 Å². The molecule has 0 aromatic carbocycles. The van der Waals surface area contributed by atoms with E-state index in [1.54, 1.807) is 0 Å². The molecule has 1 aromatic heterocycles. The highest BCUT2D eigenvalue weighted by Gasteiger charge is 2.41. The number of hydrogen-bond acceptors (Lipinski definition) is 3. The van der Waals surface area contributed by atoms with Gasteiger partial charge in [0, 0.05) is 23.8 Å². The van der Waals surface area contributed by atoms with Crippen molar-refractivity contribution in [3.8, 4) is 0 Å². The van der Waals surface area contributed by atoms with Crippen molar-refractivity contribution in [3.05, 3.63) is 18.0 Å². The molecule has 4 heteroatoms. The summed E-state index contributed by atoms with van der Waals surface area (Å²) >= 11 is 0. The molecule has 19 heavy (non-hydrogen) atoms. The first-order valence-corrected chi connectivity index (χ1v) is 7.71. The van der Waals surface area contributed by atoms with Crippen molar-refractivity contribution in [1.29, 1.82) is 0 Å². The molecule has 0 radical (unpaired) electrons. The second kappa shape index (κ2) is 6.06. The van der Waals surface area contributed by atoms with Gasteiger partial charge in [-0.3, -0.25) is 9.58 Å². The van der Waals surface area contributed by atoms with E-state index in [1.165, 1.54) is 31.5 Å². The van der Waals surface area contributed by atoms with Crippen LogP contribution in [0.5, 0.6) is 0 Å². The van der Waals surface area contributed by atoms with E-state index in [4.69, 9.17) is 5.73 Å². The molecule has 0 amide bonds. The lowest BCUT2D eigenvalue weighted by molar-refractivity contribution is 0.0766. The predicted octanol–water partition coefficient (Wildman–Crippen LogP) is 2.56. The summed E-state index contributed by atoms with van der Waals surface area (Å²) < 4.78 is 1.97. The number of nitrogens with two attached hydrogens (primary N) is 1. The lowest BCUT2D eigenvalue weighted by atomic mass is 9.80. The Morgan fingerprint density at radius 1 is 1.26 bits per heavy atom. The van der Waals surface area contributed by atoms with Gasteiger partial charge in [-0.05, 0) is 45.7 Å². The minimum absolute atomic E-state index is 0.0564. The van der Waals surface area contributed by atoms with E-state index < -0.39 is 0 Å². The van der Waals surface area contributed by atoms with Crippen molar-refractivity contribution < 1.29 is 0 Å². The zero-order chi connectivity index (χ0) is 13.9. The largest absolute Gasteiger partial charge is 0.322 e. The standard InChI is InChI=1S/C15H28N4/c1-4-15(5-2,18-9-7-8-10-18)14(16)13-11-17-19(6-3)12-13/h11-12,14H,4-10,16H2,1-3H3. The lowest BCUT2D eigenvalue weighted by Gasteiger charge is -2.45. The summed E-state index contributed by atoms with van der Waals surface area (Å²) in [5.41, 5.74) is 7.92. The lowest BCUT2D eigenvalue weighted by Crippen LogP contribution is -2.53. The zero-order valence-electron chi connectivity index (χ0n) is 12.6. The molecule has 0 aliphatic carbocycles. The normalized spacial score (nSPS) is 18.9. The van der Waals surface area contributed by atoms with E-state index in [2.05, 4.69) is 37.0 Å². The Hall–Kier alpha value is -0.870. The SMILES string of the molecule is CCn1cc(C(N)C(CC)(CC)N2CCCC2)cn1. The van der Waals surface area contributed by atoms with Gasteiger partial charge >= 0.3 is 0 Å². The first-order chi connectivity index (χ1) is 9.17. The van der Waals surface area contributed by atoms with Crippen LogP contribution in [0.15, 0.2) is 12.4 Å². The van der Waals surface area contributed by atoms with Gasteiger partial charge < -0.3 is 5.73 Å². The fraction of sp³-hybridized carbons (Fsp3) is 0.800. The summed E-state index contributed by atoms with van der Waals surface area (Å²) in [5, 5.41) is 4.38. The Bertz CT molecular complexity index is 389. The van der Waals surface area contributed by atoms with Crippen LogP contribution in [-0.4, -0.2) is 33.3 Å². The Kier molecular flexibility index (Phi) is 4.63. The van der Waals surface area contributed by atoms with Crippen LogP contribution in [0.25, 0.3) is 0 Å². The van der Waals surface area contributed by atoms with E-state index >= 15 is 0 Å². The summed E-state index contributed by atoms with van der Waals surface area (Å²) in [6.45, 7) is 9.93. The Morgan fingerprint density at radius 2 is 1.89 bits per heavy atom. The molecule has 1 unspecified atom stereocenters. The van der Waals surface area contributed by atoms with E-state index in [9.17, 15) is 0 Å². The first-order valence-electron chi connectivity index (χ1n) is 7.71. The Labute approximate surface area is 117 Å². The van der Waals surface area contributed by atoms with E-state index in [0.29, 0.717) is 0 Å². The van der Waals surface area contributed by atoms with Gasteiger partial charge in [-0.1, -0.05) is 13.8 Å². The Morgan fingerprint density at radius 3 is 2.37 bits per heavy atom. The minimum Gasteiger partial charge on any atom is -0.322 e. The molecule has 108 valence electrons. The summed E-state index contributed by atoms with van der Waals surface area (Å²) in [5.74, 6) is 0. The third-order valence-corrected chi connectivity index (χ3v) is 4.88. The molecule has 1 saturated heterocycles. The van der Waals surface area contributed by atoms with Crippen LogP contribution in [0, 0.1) is 0 Å². The van der Waals surface area contributed by atoms with Crippen molar-refractivity contribution in [3.63, 3.8) is 0 Å². The van der Waals surface area contributed by atoms with Gasteiger partial charge in [-0.2, -0.15) is 5.10 Å². The van der Waals surface area contributed by atoms with E-state index in [-0.39, 0.29) is 11.6 Å². The maximum Gasteiger partial charge on any atom is 0.0538 e. The summed E-state index contributed by atoms with van der Waals surface area (Å²) in [4.78, 5) is 2.61. The monoisotopic (exact) mass is 264 g/mol. The smallest absolute Gasteiger partial charge is 0.0538 e. The van der Waals surface area contributed by atoms with Gasteiger partial charge in [0.15, 0.2) is 0 Å². The highest BCUT2D eigenvalue weighted by Crippen LogP contribution is 2.37. The van der Waals surface area contributed by atoms with Gasteiger partial charge in [0.1, 0.15) is 0 Å². The molecule has 2 rings (SSSR count). The minimum atomic E-state index is 0.0564. The van der Waals surface area contributed by atoms with Gasteiger partial charge in [0.05, 0.1) is 12.2 Å². The van der Waals surface area contributed by atoms with Crippen LogP contribution in [0.1, 0.15) is 58.1 Å². The van der Waals surface area contributed by atoms with Crippen LogP contribution in [0.3, 0.4) is 0 Å². The molecule has 1 fully saturated rings. The highest BCUT2D eigenvalue weighted by atomic mass is 15.3. The molecule has 1 aromatic rings. The molecule has 1 aliphatic heterocycles. The molecule has 4 nitrogen and oxygen atoms in total. The van der Waals surface area contributed by atoms with E-state index in [0.717, 1.165) is 19.4 Å². The average molecular weight is 264 g/mol. The number of aryl methyl sites for hydroxylation is 1. The fourth-order valence-electron chi connectivity index (χ4n) is 3.52. The molecule has 0 saturated carbocycles. The third kappa shape index (κ3) is 2.56. The number of likely N-dealkylation sites (tertiary alicyclic amines) is 1. The molecular weight excluding hydrogens is 236 g/mol. The third-order valence-electron chi connectivity index (χ3n) is 4.88. The number of aromatic nitrogens is 2. The van der Waals surface area contributed by atoms with Crippen molar-refractivity contribution in [2.45, 2.75) is 64.6 Å². The van der Waals surface area contributed by atoms with Crippen LogP contribution in [0.4, 0.5) is 0 Å². The summed E-state index contributed by atoms with van der Waals surface area (Å²) in [7, 11) is 0. The quantitative estimate of drug-likeness (QED) is 0.859. The second-order valence-electron chi connectivity index (χ2n) is 5.61. The number of nitrogens with zero attached hydrogens (tertiary/aromatic N) is 3. The highest BCUT2D eigenvalue weighted by molar-refractivity contribution is 5.17. The van der Waals surface area contributed by atoms with Gasteiger partial charge in [0.2, 0.25) is 0 Å². The van der Waals surface area contributed by atoms with Gasteiger partial charge in [-0.25, -0.2) is 0 Å². The summed E-state index contributed by atoms with van der Waals surface area (Å²) in [6.07, 6.45) is 8.88. The van der Waals surface area contributed by atoms with Crippen LogP contribution in [-0.2, 0) is 6.54 Å². The molecule has 1 atom stereocenters. The van der Waals surface area contributed by atoms with Gasteiger partial charge in [0.25, 0.3) is 0 Å². The van der Waals surface area contributed by atoms with Crippen molar-refractivity contribution in [2.24, 2.45) is 5.73 Å². The van der Waals surface area contributed by atoms with Crippen molar-refractivity contribution in [2.75, 3.05) is 13.1 Å². The van der Waals surface area contributed by atoms with E-state index in [1.807, 2.05) is 10.9 Å². The van der Waals surface area contributed by atoms with Gasteiger partial charge in [-0.15, -0.1) is 0 Å². The molecular formula is C15H28N4. The topological polar surface area (TPSA) is 47.1 Å². The molecule has 2 N–H and O–H groups in total. The first kappa shape index (κ1) is 14.5. The summed E-state index contributed by atoms with van der Waals surface area (Å²) in [6, 6.07) is 0.0564. The molecule has 1 aliphatic rings. The van der Waals surface area contributed by atoms with Crippen molar-refractivity contribution >= 4 is 0 Å². The molecule has 2 heterocycles. The fourth-order valence-corrected chi connectivity index (χ4v) is 3.52. The van der Waals surface area contributed by atoms with Crippen LogP contribution >= 0.6 is 0 Å². The number of hydrogen-bond donors (Lipinski definition) is 1. The average Bonchev–Trinajstić information content (AvgIpc) is 3.12. The number of rotatable bonds is 6. The Balaban J connectivity index is 2.26. The molecule has 0 spiro atoms. The maximum absolute atomic E-state index is 6.65. The maximum atomic E-state index is 6.65. The molecule has 0 bridgehead atoms. The van der Waals surface area contributed by atoms with Crippen LogP contribution < -0.4 is 5.73 Å². The van der Waals surface area contributed by atoms with Crippen molar-refractivity contribution in [1.82, 2.24) is 14.7 Å². The second-order valence-corrected chi connectivity index (χ2v) is 5.61. The predicted molar refractivity (Wildman–Crippen MR) is 78.9 cm³/mol.